The van der Waals surface area contributed by atoms with Crippen molar-refractivity contribution in [3.8, 4) is 5.69 Å². The second-order valence-electron chi connectivity index (χ2n) is 5.42. The molecule has 1 aromatic heterocycles. The Labute approximate surface area is 157 Å². The van der Waals surface area contributed by atoms with E-state index in [1.807, 2.05) is 0 Å². The molecule has 0 atom stereocenters. The van der Waals surface area contributed by atoms with E-state index in [2.05, 4.69) is 10.1 Å². The highest BCUT2D eigenvalue weighted by Crippen LogP contribution is 2.30. The molecular weight excluding hydrogens is 379 g/mol. The van der Waals surface area contributed by atoms with Crippen LogP contribution in [0.5, 0.6) is 0 Å². The minimum absolute atomic E-state index is 0.105. The van der Waals surface area contributed by atoms with Crippen LogP contribution in [0.25, 0.3) is 5.69 Å². The number of halogens is 2. The van der Waals surface area contributed by atoms with E-state index in [-0.39, 0.29) is 27.5 Å². The molecule has 132 valence electrons. The minimum atomic E-state index is -0.577. The maximum atomic E-state index is 12.6. The van der Waals surface area contributed by atoms with Gasteiger partial charge in [-0.15, -0.1) is 0 Å². The zero-order valence-electron chi connectivity index (χ0n) is 13.4. The van der Waals surface area contributed by atoms with Crippen molar-refractivity contribution in [3.05, 3.63) is 84.2 Å². The lowest BCUT2D eigenvalue weighted by atomic mass is 10.2. The van der Waals surface area contributed by atoms with E-state index < -0.39 is 4.92 Å². The average Bonchev–Trinajstić information content (AvgIpc) is 2.88. The Bertz CT molecular complexity index is 1090. The number of aliphatic imine (C=N–C) groups is 1. The van der Waals surface area contributed by atoms with Gasteiger partial charge in [0.05, 0.1) is 16.2 Å². The number of hydrogen-bond donors (Lipinski definition) is 1. The molecule has 26 heavy (non-hydrogen) atoms. The first kappa shape index (κ1) is 17.9. The maximum absolute atomic E-state index is 12.6. The number of nitro groups is 1. The molecule has 0 amide bonds. The SMILES string of the molecule is Cc1[nH]n(-c2cccc(Cl)c2)c(=O)c1C=Nc1ccc(Cl)cc1[N+](=O)[O-]. The first-order valence-electron chi connectivity index (χ1n) is 7.42. The number of nitrogens with one attached hydrogen (secondary N) is 1. The van der Waals surface area contributed by atoms with Crippen molar-refractivity contribution in [2.45, 2.75) is 6.92 Å². The molecule has 1 heterocycles. The molecule has 0 saturated carbocycles. The summed E-state index contributed by atoms with van der Waals surface area (Å²) in [5.41, 5.74) is 0.947. The first-order valence-corrected chi connectivity index (χ1v) is 8.18. The molecule has 0 aliphatic heterocycles. The number of hydrogen-bond acceptors (Lipinski definition) is 4. The quantitative estimate of drug-likeness (QED) is 0.405. The third-order valence-electron chi connectivity index (χ3n) is 3.65. The van der Waals surface area contributed by atoms with Gasteiger partial charge in [-0.1, -0.05) is 29.3 Å². The van der Waals surface area contributed by atoms with Crippen LogP contribution < -0.4 is 5.56 Å². The van der Waals surface area contributed by atoms with Crippen LogP contribution in [0.15, 0.2) is 52.3 Å². The van der Waals surface area contributed by atoms with Crippen LogP contribution in [0.3, 0.4) is 0 Å². The van der Waals surface area contributed by atoms with E-state index in [1.54, 1.807) is 31.2 Å². The molecule has 0 fully saturated rings. The Morgan fingerprint density at radius 1 is 1.19 bits per heavy atom. The van der Waals surface area contributed by atoms with Gasteiger partial charge < -0.3 is 0 Å². The molecule has 3 aromatic rings. The van der Waals surface area contributed by atoms with Gasteiger partial charge in [-0.05, 0) is 37.3 Å². The van der Waals surface area contributed by atoms with Gasteiger partial charge >= 0.3 is 0 Å². The summed E-state index contributed by atoms with van der Waals surface area (Å²) in [6.45, 7) is 1.71. The smallest absolute Gasteiger partial charge is 0.295 e. The van der Waals surface area contributed by atoms with Crippen LogP contribution in [0.1, 0.15) is 11.3 Å². The molecule has 7 nitrogen and oxygen atoms in total. The summed E-state index contributed by atoms with van der Waals surface area (Å²) < 4.78 is 1.33. The summed E-state index contributed by atoms with van der Waals surface area (Å²) in [5.74, 6) is 0. The van der Waals surface area contributed by atoms with E-state index in [0.29, 0.717) is 16.4 Å². The normalized spacial score (nSPS) is 11.2. The van der Waals surface area contributed by atoms with Crippen molar-refractivity contribution in [3.63, 3.8) is 0 Å². The van der Waals surface area contributed by atoms with Gasteiger partial charge in [0.15, 0.2) is 0 Å². The first-order chi connectivity index (χ1) is 12.4. The van der Waals surface area contributed by atoms with Crippen LogP contribution in [-0.2, 0) is 0 Å². The molecule has 0 spiro atoms. The van der Waals surface area contributed by atoms with Crippen molar-refractivity contribution >= 4 is 40.8 Å². The lowest BCUT2D eigenvalue weighted by Crippen LogP contribution is -2.17. The van der Waals surface area contributed by atoms with Gasteiger partial charge in [0.2, 0.25) is 0 Å². The van der Waals surface area contributed by atoms with Crippen molar-refractivity contribution in [1.29, 1.82) is 0 Å². The summed E-state index contributed by atoms with van der Waals surface area (Å²) in [4.78, 5) is 27.3. The minimum Gasteiger partial charge on any atom is -0.295 e. The summed E-state index contributed by atoms with van der Waals surface area (Å²) in [5, 5.41) is 14.8. The molecule has 0 aliphatic rings. The van der Waals surface area contributed by atoms with Crippen LogP contribution in [0.4, 0.5) is 11.4 Å². The third-order valence-corrected chi connectivity index (χ3v) is 4.12. The van der Waals surface area contributed by atoms with Gasteiger partial charge in [-0.25, -0.2) is 9.67 Å². The van der Waals surface area contributed by atoms with E-state index in [4.69, 9.17) is 23.2 Å². The van der Waals surface area contributed by atoms with Crippen molar-refractivity contribution < 1.29 is 4.92 Å². The fourth-order valence-corrected chi connectivity index (χ4v) is 2.75. The predicted molar refractivity (Wildman–Crippen MR) is 101 cm³/mol. The standard InChI is InChI=1S/C17H12Cl2N4O3/c1-10-14(9-20-15-6-5-12(19)8-16(15)23(25)26)17(24)22(21-10)13-4-2-3-11(18)7-13/h2-9,21H,1H3. The summed E-state index contributed by atoms with van der Waals surface area (Å²) in [6, 6.07) is 10.9. The Kier molecular flexibility index (Phi) is 4.92. The summed E-state index contributed by atoms with van der Waals surface area (Å²) in [6.07, 6.45) is 1.30. The van der Waals surface area contributed by atoms with Crippen molar-refractivity contribution in [2.75, 3.05) is 0 Å². The topological polar surface area (TPSA) is 93.3 Å². The fourth-order valence-electron chi connectivity index (χ4n) is 2.39. The second-order valence-corrected chi connectivity index (χ2v) is 6.29. The maximum Gasteiger partial charge on any atom is 0.296 e. The van der Waals surface area contributed by atoms with Gasteiger partial charge in [0.25, 0.3) is 11.2 Å². The third kappa shape index (κ3) is 3.54. The predicted octanol–water partition coefficient (Wildman–Crippen LogP) is 4.44. The molecule has 0 saturated heterocycles. The Balaban J connectivity index is 2.03. The molecule has 0 radical (unpaired) electrons. The number of aryl methyl sites for hydroxylation is 1. The molecular formula is C17H12Cl2N4O3. The van der Waals surface area contributed by atoms with Gasteiger partial charge in [-0.3, -0.25) is 20.0 Å². The molecule has 0 unspecified atom stereocenters. The van der Waals surface area contributed by atoms with Gasteiger partial charge in [-0.2, -0.15) is 0 Å². The second kappa shape index (κ2) is 7.15. The Hall–Kier alpha value is -2.90. The number of H-pyrrole nitrogens is 1. The molecule has 0 bridgehead atoms. The zero-order valence-corrected chi connectivity index (χ0v) is 15.0. The van der Waals surface area contributed by atoms with Crippen LogP contribution in [-0.4, -0.2) is 20.9 Å². The van der Waals surface area contributed by atoms with Gasteiger partial charge in [0.1, 0.15) is 5.69 Å². The molecule has 3 rings (SSSR count). The lowest BCUT2D eigenvalue weighted by molar-refractivity contribution is -0.384. The van der Waals surface area contributed by atoms with Crippen LogP contribution >= 0.6 is 23.2 Å². The Morgan fingerprint density at radius 2 is 1.92 bits per heavy atom. The zero-order chi connectivity index (χ0) is 18.8. The highest BCUT2D eigenvalue weighted by molar-refractivity contribution is 6.31. The van der Waals surface area contributed by atoms with Crippen LogP contribution in [0.2, 0.25) is 10.0 Å². The average molecular weight is 391 g/mol. The van der Waals surface area contributed by atoms with E-state index >= 15 is 0 Å². The van der Waals surface area contributed by atoms with Crippen molar-refractivity contribution in [1.82, 2.24) is 9.78 Å². The number of rotatable bonds is 4. The molecule has 9 heteroatoms. The lowest BCUT2D eigenvalue weighted by Gasteiger charge is -2.01. The van der Waals surface area contributed by atoms with E-state index in [9.17, 15) is 14.9 Å². The molecule has 0 aliphatic carbocycles. The number of benzene rings is 2. The molecule has 2 aromatic carbocycles. The number of nitrogens with zero attached hydrogens (tertiary/aromatic N) is 3. The number of nitro benzene ring substituents is 1. The Morgan fingerprint density at radius 3 is 2.62 bits per heavy atom. The molecule has 1 N–H and O–H groups in total. The van der Waals surface area contributed by atoms with Crippen molar-refractivity contribution in [2.24, 2.45) is 4.99 Å². The monoisotopic (exact) mass is 390 g/mol. The van der Waals surface area contributed by atoms with E-state index in [0.717, 1.165) is 0 Å². The number of aromatic nitrogens is 2. The highest BCUT2D eigenvalue weighted by atomic mass is 35.5. The van der Waals surface area contributed by atoms with E-state index in [1.165, 1.54) is 29.1 Å². The van der Waals surface area contributed by atoms with Gasteiger partial charge in [0, 0.05) is 28.0 Å². The summed E-state index contributed by atoms with van der Waals surface area (Å²) >= 11 is 11.8. The summed E-state index contributed by atoms with van der Waals surface area (Å²) in [7, 11) is 0. The highest BCUT2D eigenvalue weighted by Gasteiger charge is 2.15. The number of aromatic amines is 1. The fraction of sp³-hybridized carbons (Fsp3) is 0.0588. The van der Waals surface area contributed by atoms with Crippen LogP contribution in [0, 0.1) is 17.0 Å². The largest absolute Gasteiger partial charge is 0.296 e.